The first-order valence-electron chi connectivity index (χ1n) is 5.36. The van der Waals surface area contributed by atoms with Crippen molar-refractivity contribution in [1.82, 2.24) is 0 Å². The smallest absolute Gasteiger partial charge is 0.157 e. The molecule has 0 aliphatic heterocycles. The monoisotopic (exact) mass is 226 g/mol. The van der Waals surface area contributed by atoms with Crippen molar-refractivity contribution in [2.75, 3.05) is 5.75 Å². The molecule has 15 heavy (non-hydrogen) atoms. The Kier molecular flexibility index (Phi) is 5.40. The van der Waals surface area contributed by atoms with Gasteiger partial charge in [-0.2, -0.15) is 12.6 Å². The van der Waals surface area contributed by atoms with Gasteiger partial charge in [-0.3, -0.25) is 0 Å². The molecule has 0 aliphatic carbocycles. The van der Waals surface area contributed by atoms with Crippen LogP contribution in [0.1, 0.15) is 31.2 Å². The Morgan fingerprint density at radius 1 is 0.933 bits per heavy atom. The second-order valence-corrected chi connectivity index (χ2v) is 4.16. The average molecular weight is 226 g/mol. The molecule has 84 valence electrons. The van der Waals surface area contributed by atoms with Crippen molar-refractivity contribution in [3.05, 3.63) is 23.8 Å². The van der Waals surface area contributed by atoms with Gasteiger partial charge in [-0.25, -0.2) is 0 Å². The number of aromatic hydroxyl groups is 2. The normalized spacial score (nSPS) is 10.5. The van der Waals surface area contributed by atoms with E-state index in [-0.39, 0.29) is 11.5 Å². The van der Waals surface area contributed by atoms with Gasteiger partial charge in [0.25, 0.3) is 0 Å². The van der Waals surface area contributed by atoms with Crippen LogP contribution in [0, 0.1) is 0 Å². The van der Waals surface area contributed by atoms with Crippen LogP contribution in [-0.4, -0.2) is 16.0 Å². The molecule has 0 fully saturated rings. The molecule has 0 radical (unpaired) electrons. The van der Waals surface area contributed by atoms with E-state index in [0.29, 0.717) is 0 Å². The number of phenolic OH excluding ortho intramolecular Hbond substituents is 2. The number of thiol groups is 1. The van der Waals surface area contributed by atoms with E-state index in [1.54, 1.807) is 12.1 Å². The number of aryl methyl sites for hydroxylation is 1. The van der Waals surface area contributed by atoms with E-state index < -0.39 is 0 Å². The summed E-state index contributed by atoms with van der Waals surface area (Å²) in [6.45, 7) is 0. The molecule has 0 saturated carbocycles. The first-order valence-corrected chi connectivity index (χ1v) is 5.99. The predicted octanol–water partition coefficient (Wildman–Crippen LogP) is 3.13. The molecule has 0 unspecified atom stereocenters. The Hall–Kier alpha value is -0.830. The highest BCUT2D eigenvalue weighted by Gasteiger charge is 2.00. The standard InChI is InChI=1S/C12H18O2S/c13-11-7-6-10(9-12(11)14)5-3-1-2-4-8-15/h6-7,9,13-15H,1-5,8H2. The van der Waals surface area contributed by atoms with Crippen molar-refractivity contribution in [3.63, 3.8) is 0 Å². The molecule has 1 aromatic rings. The van der Waals surface area contributed by atoms with Crippen LogP contribution >= 0.6 is 12.6 Å². The van der Waals surface area contributed by atoms with E-state index in [1.165, 1.54) is 19.3 Å². The molecule has 1 aromatic carbocycles. The van der Waals surface area contributed by atoms with Crippen LogP contribution in [0.15, 0.2) is 18.2 Å². The highest BCUT2D eigenvalue weighted by molar-refractivity contribution is 7.80. The highest BCUT2D eigenvalue weighted by Crippen LogP contribution is 2.25. The lowest BCUT2D eigenvalue weighted by Gasteiger charge is -2.03. The Balaban J connectivity index is 2.28. The van der Waals surface area contributed by atoms with Crippen molar-refractivity contribution >= 4 is 12.6 Å². The highest BCUT2D eigenvalue weighted by atomic mass is 32.1. The van der Waals surface area contributed by atoms with Gasteiger partial charge in [-0.1, -0.05) is 18.9 Å². The van der Waals surface area contributed by atoms with Gasteiger partial charge in [0.05, 0.1) is 0 Å². The maximum absolute atomic E-state index is 9.28. The molecule has 0 heterocycles. The van der Waals surface area contributed by atoms with Gasteiger partial charge in [0.15, 0.2) is 11.5 Å². The van der Waals surface area contributed by atoms with Crippen LogP contribution in [0.2, 0.25) is 0 Å². The first kappa shape index (κ1) is 12.2. The number of hydrogen-bond acceptors (Lipinski definition) is 3. The van der Waals surface area contributed by atoms with Crippen molar-refractivity contribution < 1.29 is 10.2 Å². The molecular weight excluding hydrogens is 208 g/mol. The van der Waals surface area contributed by atoms with E-state index in [2.05, 4.69) is 12.6 Å². The van der Waals surface area contributed by atoms with Gasteiger partial charge in [0.1, 0.15) is 0 Å². The summed E-state index contributed by atoms with van der Waals surface area (Å²) in [5, 5.41) is 18.4. The van der Waals surface area contributed by atoms with E-state index in [9.17, 15) is 5.11 Å². The third kappa shape index (κ3) is 4.47. The summed E-state index contributed by atoms with van der Waals surface area (Å²) in [7, 11) is 0. The predicted molar refractivity (Wildman–Crippen MR) is 65.8 cm³/mol. The summed E-state index contributed by atoms with van der Waals surface area (Å²) in [4.78, 5) is 0. The summed E-state index contributed by atoms with van der Waals surface area (Å²) in [5.41, 5.74) is 1.08. The van der Waals surface area contributed by atoms with Gasteiger partial charge in [-0.05, 0) is 42.7 Å². The van der Waals surface area contributed by atoms with Gasteiger partial charge in [0.2, 0.25) is 0 Å². The van der Waals surface area contributed by atoms with Crippen LogP contribution in [-0.2, 0) is 6.42 Å². The second kappa shape index (κ2) is 6.62. The number of hydrogen-bond donors (Lipinski definition) is 3. The molecule has 2 nitrogen and oxygen atoms in total. The molecule has 0 spiro atoms. The van der Waals surface area contributed by atoms with Crippen LogP contribution in [0.4, 0.5) is 0 Å². The minimum Gasteiger partial charge on any atom is -0.504 e. The average Bonchev–Trinajstić information content (AvgIpc) is 2.23. The molecule has 1 rings (SSSR count). The Bertz CT molecular complexity index is 300. The quantitative estimate of drug-likeness (QED) is 0.396. The first-order chi connectivity index (χ1) is 7.24. The molecule has 0 amide bonds. The molecule has 0 aromatic heterocycles. The molecular formula is C12H18O2S. The van der Waals surface area contributed by atoms with Crippen molar-refractivity contribution in [3.8, 4) is 11.5 Å². The Morgan fingerprint density at radius 2 is 1.67 bits per heavy atom. The minimum atomic E-state index is -0.0474. The SMILES string of the molecule is Oc1ccc(CCCCCCS)cc1O. The van der Waals surface area contributed by atoms with Crippen LogP contribution in [0.3, 0.4) is 0 Å². The van der Waals surface area contributed by atoms with Crippen molar-refractivity contribution in [1.29, 1.82) is 0 Å². The van der Waals surface area contributed by atoms with Crippen LogP contribution < -0.4 is 0 Å². The maximum atomic E-state index is 9.28. The second-order valence-electron chi connectivity index (χ2n) is 3.71. The fourth-order valence-corrected chi connectivity index (χ4v) is 1.74. The summed E-state index contributed by atoms with van der Waals surface area (Å²) in [6.07, 6.45) is 5.66. The number of rotatable bonds is 6. The number of benzene rings is 1. The van der Waals surface area contributed by atoms with Crippen LogP contribution in [0.25, 0.3) is 0 Å². The summed E-state index contributed by atoms with van der Waals surface area (Å²) in [5.74, 6) is 0.886. The van der Waals surface area contributed by atoms with Gasteiger partial charge in [-0.15, -0.1) is 0 Å². The topological polar surface area (TPSA) is 40.5 Å². The summed E-state index contributed by atoms with van der Waals surface area (Å²) < 4.78 is 0. The largest absolute Gasteiger partial charge is 0.504 e. The van der Waals surface area contributed by atoms with Gasteiger partial charge in [0, 0.05) is 0 Å². The van der Waals surface area contributed by atoms with Crippen molar-refractivity contribution in [2.24, 2.45) is 0 Å². The van der Waals surface area contributed by atoms with Gasteiger partial charge >= 0.3 is 0 Å². The minimum absolute atomic E-state index is 0.0251. The molecule has 3 heteroatoms. The molecule has 0 atom stereocenters. The fourth-order valence-electron chi connectivity index (χ4n) is 1.52. The van der Waals surface area contributed by atoms with E-state index in [4.69, 9.17) is 5.11 Å². The van der Waals surface area contributed by atoms with E-state index in [1.807, 2.05) is 6.07 Å². The fraction of sp³-hybridized carbons (Fsp3) is 0.500. The zero-order valence-electron chi connectivity index (χ0n) is 8.82. The van der Waals surface area contributed by atoms with E-state index in [0.717, 1.165) is 24.2 Å². The third-order valence-corrected chi connectivity index (χ3v) is 2.73. The lowest BCUT2D eigenvalue weighted by atomic mass is 10.1. The molecule has 2 N–H and O–H groups in total. The third-order valence-electron chi connectivity index (χ3n) is 2.41. The summed E-state index contributed by atoms with van der Waals surface area (Å²) >= 11 is 4.16. The lowest BCUT2D eigenvalue weighted by Crippen LogP contribution is -1.86. The number of unbranched alkanes of at least 4 members (excludes halogenated alkanes) is 3. The Morgan fingerprint density at radius 3 is 2.33 bits per heavy atom. The zero-order chi connectivity index (χ0) is 11.1. The van der Waals surface area contributed by atoms with Crippen molar-refractivity contribution in [2.45, 2.75) is 32.1 Å². The Labute approximate surface area is 96.4 Å². The number of phenols is 2. The molecule has 0 aliphatic rings. The lowest BCUT2D eigenvalue weighted by molar-refractivity contribution is 0.403. The molecule has 0 saturated heterocycles. The summed E-state index contributed by atoms with van der Waals surface area (Å²) in [6, 6.07) is 5.03. The maximum Gasteiger partial charge on any atom is 0.157 e. The van der Waals surface area contributed by atoms with Gasteiger partial charge < -0.3 is 10.2 Å². The van der Waals surface area contributed by atoms with E-state index >= 15 is 0 Å². The van der Waals surface area contributed by atoms with Crippen LogP contribution in [0.5, 0.6) is 11.5 Å². The zero-order valence-corrected chi connectivity index (χ0v) is 9.71. The molecule has 0 bridgehead atoms.